The van der Waals surface area contributed by atoms with E-state index in [-0.39, 0.29) is 6.42 Å². The molecule has 2 aromatic rings. The first-order valence-electron chi connectivity index (χ1n) is 4.99. The smallest absolute Gasteiger partial charge is 0.307 e. The van der Waals surface area contributed by atoms with Gasteiger partial charge in [-0.3, -0.25) is 4.79 Å². The fourth-order valence-electron chi connectivity index (χ4n) is 1.71. The highest BCUT2D eigenvalue weighted by Crippen LogP contribution is 2.36. The molecule has 0 fully saturated rings. The van der Waals surface area contributed by atoms with Crippen LogP contribution in [0.2, 0.25) is 0 Å². The van der Waals surface area contributed by atoms with Crippen LogP contribution in [-0.2, 0) is 11.2 Å². The molecule has 17 heavy (non-hydrogen) atoms. The van der Waals surface area contributed by atoms with E-state index in [4.69, 9.17) is 14.6 Å². The summed E-state index contributed by atoms with van der Waals surface area (Å²) in [7, 11) is 3.14. The van der Waals surface area contributed by atoms with Gasteiger partial charge in [-0.2, -0.15) is 0 Å². The van der Waals surface area contributed by atoms with Crippen LogP contribution in [0.15, 0.2) is 17.5 Å². The molecule has 1 aromatic carbocycles. The third kappa shape index (κ3) is 2.19. The number of benzene rings is 1. The largest absolute Gasteiger partial charge is 0.493 e. The Morgan fingerprint density at radius 3 is 2.53 bits per heavy atom. The summed E-state index contributed by atoms with van der Waals surface area (Å²) in [5.74, 6) is 0.438. The standard InChI is InChI=1S/C12H12O4S/c1-15-9-4-8-7(3-12(13)14)6-17-11(8)5-10(9)16-2/h4-6H,3H2,1-2H3,(H,13,14). The summed E-state index contributed by atoms with van der Waals surface area (Å²) in [6.07, 6.45) is 0.0233. The molecular formula is C12H12O4S. The van der Waals surface area contributed by atoms with Crippen LogP contribution in [0.25, 0.3) is 10.1 Å². The van der Waals surface area contributed by atoms with Crippen molar-refractivity contribution in [2.45, 2.75) is 6.42 Å². The van der Waals surface area contributed by atoms with Gasteiger partial charge in [0, 0.05) is 16.2 Å². The van der Waals surface area contributed by atoms with Crippen molar-refractivity contribution in [1.29, 1.82) is 0 Å². The number of ether oxygens (including phenoxy) is 2. The number of carboxylic acids is 1. The van der Waals surface area contributed by atoms with E-state index in [1.54, 1.807) is 14.2 Å². The second-order valence-corrected chi connectivity index (χ2v) is 4.45. The van der Waals surface area contributed by atoms with Crippen LogP contribution >= 0.6 is 11.3 Å². The van der Waals surface area contributed by atoms with Gasteiger partial charge in [0.05, 0.1) is 20.6 Å². The molecule has 1 aromatic heterocycles. The van der Waals surface area contributed by atoms with Crippen molar-refractivity contribution < 1.29 is 19.4 Å². The van der Waals surface area contributed by atoms with Crippen molar-refractivity contribution >= 4 is 27.4 Å². The number of carboxylic acid groups (broad SMARTS) is 1. The van der Waals surface area contributed by atoms with Crippen molar-refractivity contribution in [2.75, 3.05) is 14.2 Å². The summed E-state index contributed by atoms with van der Waals surface area (Å²) in [5, 5.41) is 11.6. The van der Waals surface area contributed by atoms with Gasteiger partial charge < -0.3 is 14.6 Å². The second-order valence-electron chi connectivity index (χ2n) is 3.53. The van der Waals surface area contributed by atoms with Gasteiger partial charge in [-0.15, -0.1) is 11.3 Å². The van der Waals surface area contributed by atoms with Crippen LogP contribution < -0.4 is 9.47 Å². The molecule has 1 N–H and O–H groups in total. The number of thiophene rings is 1. The first-order valence-corrected chi connectivity index (χ1v) is 5.87. The van der Waals surface area contributed by atoms with Crippen LogP contribution in [0.1, 0.15) is 5.56 Å². The lowest BCUT2D eigenvalue weighted by atomic mass is 10.1. The van der Waals surface area contributed by atoms with Crippen LogP contribution in [0.3, 0.4) is 0 Å². The number of aliphatic carboxylic acids is 1. The zero-order valence-electron chi connectivity index (χ0n) is 9.52. The Morgan fingerprint density at radius 2 is 1.94 bits per heavy atom. The lowest BCUT2D eigenvalue weighted by molar-refractivity contribution is -0.136. The summed E-state index contributed by atoms with van der Waals surface area (Å²) in [4.78, 5) is 10.7. The average Bonchev–Trinajstić information content (AvgIpc) is 2.69. The molecule has 0 saturated heterocycles. The van der Waals surface area contributed by atoms with Gasteiger partial charge in [0.1, 0.15) is 0 Å². The van der Waals surface area contributed by atoms with Gasteiger partial charge in [0.2, 0.25) is 0 Å². The van der Waals surface area contributed by atoms with E-state index >= 15 is 0 Å². The second kappa shape index (κ2) is 4.63. The third-order valence-electron chi connectivity index (χ3n) is 2.50. The van der Waals surface area contributed by atoms with Gasteiger partial charge in [-0.1, -0.05) is 0 Å². The monoisotopic (exact) mass is 252 g/mol. The average molecular weight is 252 g/mol. The normalized spacial score (nSPS) is 10.5. The molecule has 0 saturated carbocycles. The SMILES string of the molecule is COc1cc2scc(CC(=O)O)c2cc1OC. The van der Waals surface area contributed by atoms with Crippen LogP contribution in [0, 0.1) is 0 Å². The summed E-state index contributed by atoms with van der Waals surface area (Å²) in [6, 6.07) is 3.69. The maximum Gasteiger partial charge on any atom is 0.307 e. The third-order valence-corrected chi connectivity index (χ3v) is 3.50. The van der Waals surface area contributed by atoms with Crippen LogP contribution in [0.4, 0.5) is 0 Å². The van der Waals surface area contributed by atoms with Crippen molar-refractivity contribution in [3.63, 3.8) is 0 Å². The number of methoxy groups -OCH3 is 2. The van der Waals surface area contributed by atoms with E-state index in [9.17, 15) is 4.79 Å². The Kier molecular flexibility index (Phi) is 3.19. The first-order chi connectivity index (χ1) is 8.15. The predicted octanol–water partition coefficient (Wildman–Crippen LogP) is 2.55. The van der Waals surface area contributed by atoms with Gasteiger partial charge >= 0.3 is 5.97 Å². The molecule has 5 heteroatoms. The lowest BCUT2D eigenvalue weighted by Gasteiger charge is -2.07. The molecule has 0 aliphatic rings. The van der Waals surface area contributed by atoms with E-state index in [0.717, 1.165) is 15.6 Å². The number of hydrogen-bond acceptors (Lipinski definition) is 4. The van der Waals surface area contributed by atoms with E-state index in [1.165, 1.54) is 11.3 Å². The molecule has 0 radical (unpaired) electrons. The molecule has 0 unspecified atom stereocenters. The Bertz CT molecular complexity index is 559. The maximum atomic E-state index is 10.7. The van der Waals surface area contributed by atoms with Crippen LogP contribution in [-0.4, -0.2) is 25.3 Å². The minimum Gasteiger partial charge on any atom is -0.493 e. The van der Waals surface area contributed by atoms with E-state index in [1.807, 2.05) is 17.5 Å². The van der Waals surface area contributed by atoms with E-state index in [2.05, 4.69) is 0 Å². The minimum absolute atomic E-state index is 0.0233. The van der Waals surface area contributed by atoms with Crippen LogP contribution in [0.5, 0.6) is 11.5 Å². The van der Waals surface area contributed by atoms with Gasteiger partial charge in [0.25, 0.3) is 0 Å². The van der Waals surface area contributed by atoms with Crippen molar-refractivity contribution in [2.24, 2.45) is 0 Å². The molecule has 0 amide bonds. The molecular weight excluding hydrogens is 240 g/mol. The quantitative estimate of drug-likeness (QED) is 0.908. The zero-order chi connectivity index (χ0) is 12.4. The van der Waals surface area contributed by atoms with E-state index < -0.39 is 5.97 Å². The number of hydrogen-bond donors (Lipinski definition) is 1. The Balaban J connectivity index is 2.56. The lowest BCUT2D eigenvalue weighted by Crippen LogP contribution is -1.99. The molecule has 4 nitrogen and oxygen atoms in total. The fourth-order valence-corrected chi connectivity index (χ4v) is 2.68. The topological polar surface area (TPSA) is 55.8 Å². The molecule has 0 atom stereocenters. The highest BCUT2D eigenvalue weighted by molar-refractivity contribution is 7.17. The Labute approximate surface area is 102 Å². The zero-order valence-corrected chi connectivity index (χ0v) is 10.3. The molecule has 0 spiro atoms. The molecule has 90 valence electrons. The number of carbonyl (C=O) groups is 1. The first kappa shape index (κ1) is 11.7. The number of fused-ring (bicyclic) bond motifs is 1. The molecule has 2 rings (SSSR count). The predicted molar refractivity (Wildman–Crippen MR) is 66.3 cm³/mol. The Morgan fingerprint density at radius 1 is 1.29 bits per heavy atom. The van der Waals surface area contributed by atoms with Crippen molar-refractivity contribution in [3.8, 4) is 11.5 Å². The molecule has 0 aliphatic heterocycles. The van der Waals surface area contributed by atoms with Crippen molar-refractivity contribution in [1.82, 2.24) is 0 Å². The summed E-state index contributed by atoms with van der Waals surface area (Å²) in [5.41, 5.74) is 0.804. The minimum atomic E-state index is -0.834. The van der Waals surface area contributed by atoms with Gasteiger partial charge in [0.15, 0.2) is 11.5 Å². The maximum absolute atomic E-state index is 10.7. The van der Waals surface area contributed by atoms with E-state index in [0.29, 0.717) is 11.5 Å². The summed E-state index contributed by atoms with van der Waals surface area (Å²) in [6.45, 7) is 0. The summed E-state index contributed by atoms with van der Waals surface area (Å²) < 4.78 is 11.4. The summed E-state index contributed by atoms with van der Waals surface area (Å²) >= 11 is 1.51. The van der Waals surface area contributed by atoms with Gasteiger partial charge in [-0.25, -0.2) is 0 Å². The highest BCUT2D eigenvalue weighted by Gasteiger charge is 2.12. The van der Waals surface area contributed by atoms with Gasteiger partial charge in [-0.05, 0) is 17.0 Å². The molecule has 1 heterocycles. The van der Waals surface area contributed by atoms with Crippen molar-refractivity contribution in [3.05, 3.63) is 23.1 Å². The fraction of sp³-hybridized carbons (Fsp3) is 0.250. The molecule has 0 bridgehead atoms. The highest BCUT2D eigenvalue weighted by atomic mass is 32.1. The number of rotatable bonds is 4. The molecule has 0 aliphatic carbocycles. The Hall–Kier alpha value is -1.75.